The molecule has 1 aliphatic heterocycles. The molecule has 2 N–H and O–H groups in total. The van der Waals surface area contributed by atoms with Crippen molar-refractivity contribution in [1.82, 2.24) is 5.32 Å². The lowest BCUT2D eigenvalue weighted by molar-refractivity contribution is -0.125. The van der Waals surface area contributed by atoms with E-state index < -0.39 is 27.9 Å². The van der Waals surface area contributed by atoms with Gasteiger partial charge in [-0.15, -0.1) is 0 Å². The summed E-state index contributed by atoms with van der Waals surface area (Å²) in [6, 6.07) is 18.3. The zero-order chi connectivity index (χ0) is 23.6. The molecule has 1 atom stereocenters. The van der Waals surface area contributed by atoms with Crippen molar-refractivity contribution in [2.75, 3.05) is 9.62 Å². The van der Waals surface area contributed by atoms with Crippen LogP contribution >= 0.6 is 23.2 Å². The number of nitrogens with zero attached hydrogens (tertiary/aromatic N) is 1. The van der Waals surface area contributed by atoms with Gasteiger partial charge in [-0.25, -0.2) is 8.42 Å². The monoisotopic (exact) mass is 503 g/mol. The molecule has 0 spiro atoms. The van der Waals surface area contributed by atoms with E-state index in [4.69, 9.17) is 23.2 Å². The van der Waals surface area contributed by atoms with Gasteiger partial charge < -0.3 is 10.6 Å². The molecule has 0 saturated heterocycles. The Balaban J connectivity index is 1.69. The van der Waals surface area contributed by atoms with E-state index in [1.54, 1.807) is 24.3 Å². The Kier molecular flexibility index (Phi) is 6.60. The summed E-state index contributed by atoms with van der Waals surface area (Å²) in [5, 5.41) is 5.69. The summed E-state index contributed by atoms with van der Waals surface area (Å²) in [5.74, 6) is -1.08. The van der Waals surface area contributed by atoms with Crippen LogP contribution in [0.3, 0.4) is 0 Å². The highest BCUT2D eigenvalue weighted by Crippen LogP contribution is 2.38. The predicted octanol–water partition coefficient (Wildman–Crippen LogP) is 4.22. The SMILES string of the molecule is O=C(CC1C(=O)Nc2ccccc2N1S(=O)(=O)c1cc(Cl)cc(Cl)c1)NCc1ccccc1. The number of halogens is 2. The first-order chi connectivity index (χ1) is 15.8. The quantitative estimate of drug-likeness (QED) is 0.526. The molecule has 0 aromatic heterocycles. The van der Waals surface area contributed by atoms with E-state index in [0.29, 0.717) is 5.69 Å². The van der Waals surface area contributed by atoms with Crippen molar-refractivity contribution in [3.63, 3.8) is 0 Å². The number of sulfonamides is 1. The fourth-order valence-corrected chi connectivity index (χ4v) is 5.93. The van der Waals surface area contributed by atoms with E-state index in [2.05, 4.69) is 10.6 Å². The Morgan fingerprint density at radius 1 is 0.970 bits per heavy atom. The highest BCUT2D eigenvalue weighted by atomic mass is 35.5. The van der Waals surface area contributed by atoms with Crippen LogP contribution in [0.2, 0.25) is 10.0 Å². The Morgan fingerprint density at radius 3 is 2.30 bits per heavy atom. The van der Waals surface area contributed by atoms with E-state index in [9.17, 15) is 18.0 Å². The molecule has 4 rings (SSSR count). The summed E-state index contributed by atoms with van der Waals surface area (Å²) >= 11 is 12.1. The Hall–Kier alpha value is -3.07. The molecule has 2 amide bonds. The first-order valence-corrected chi connectivity index (χ1v) is 12.2. The van der Waals surface area contributed by atoms with Gasteiger partial charge in [0.2, 0.25) is 11.8 Å². The second kappa shape index (κ2) is 9.43. The van der Waals surface area contributed by atoms with Crippen LogP contribution in [-0.4, -0.2) is 26.3 Å². The summed E-state index contributed by atoms with van der Waals surface area (Å²) < 4.78 is 28.3. The molecule has 1 heterocycles. The van der Waals surface area contributed by atoms with Gasteiger partial charge in [0.05, 0.1) is 22.7 Å². The topological polar surface area (TPSA) is 95.6 Å². The molecule has 3 aromatic rings. The number of amides is 2. The average Bonchev–Trinajstić information content (AvgIpc) is 2.78. The number of benzene rings is 3. The molecular formula is C23H19Cl2N3O4S. The molecule has 0 radical (unpaired) electrons. The molecule has 170 valence electrons. The van der Waals surface area contributed by atoms with Gasteiger partial charge in [0, 0.05) is 16.6 Å². The van der Waals surface area contributed by atoms with Gasteiger partial charge in [-0.2, -0.15) is 0 Å². The maximum Gasteiger partial charge on any atom is 0.265 e. The molecule has 0 aliphatic carbocycles. The third kappa shape index (κ3) is 4.98. The lowest BCUT2D eigenvalue weighted by atomic mass is 10.1. The molecule has 10 heteroatoms. The zero-order valence-electron chi connectivity index (χ0n) is 17.2. The van der Waals surface area contributed by atoms with Crippen LogP contribution < -0.4 is 14.9 Å². The van der Waals surface area contributed by atoms with Gasteiger partial charge >= 0.3 is 0 Å². The highest BCUT2D eigenvalue weighted by molar-refractivity contribution is 7.93. The van der Waals surface area contributed by atoms with Crippen molar-refractivity contribution in [3.05, 3.63) is 88.4 Å². The summed E-state index contributed by atoms with van der Waals surface area (Å²) in [6.45, 7) is 0.251. The summed E-state index contributed by atoms with van der Waals surface area (Å²) in [7, 11) is -4.29. The third-order valence-corrected chi connectivity index (χ3v) is 7.33. The predicted molar refractivity (Wildman–Crippen MR) is 128 cm³/mol. The lowest BCUT2D eigenvalue weighted by Crippen LogP contribution is -2.52. The average molecular weight is 504 g/mol. The number of hydrogen-bond donors (Lipinski definition) is 2. The Labute approximate surface area is 201 Å². The third-order valence-electron chi connectivity index (χ3n) is 5.09. The minimum absolute atomic E-state index is 0.132. The van der Waals surface area contributed by atoms with Crippen molar-refractivity contribution in [2.24, 2.45) is 0 Å². The Bertz CT molecular complexity index is 1300. The molecule has 0 fully saturated rings. The molecule has 1 aliphatic rings. The first-order valence-electron chi connectivity index (χ1n) is 9.97. The minimum atomic E-state index is -4.29. The van der Waals surface area contributed by atoms with E-state index in [0.717, 1.165) is 9.87 Å². The van der Waals surface area contributed by atoms with Crippen molar-refractivity contribution in [2.45, 2.75) is 23.9 Å². The lowest BCUT2D eigenvalue weighted by Gasteiger charge is -2.36. The molecule has 33 heavy (non-hydrogen) atoms. The minimum Gasteiger partial charge on any atom is -0.352 e. The highest BCUT2D eigenvalue weighted by Gasteiger charge is 2.42. The second-order valence-electron chi connectivity index (χ2n) is 7.39. The van der Waals surface area contributed by atoms with Crippen molar-refractivity contribution < 1.29 is 18.0 Å². The van der Waals surface area contributed by atoms with Gasteiger partial charge in [0.1, 0.15) is 6.04 Å². The van der Waals surface area contributed by atoms with Crippen molar-refractivity contribution in [3.8, 4) is 0 Å². The summed E-state index contributed by atoms with van der Waals surface area (Å²) in [6.07, 6.45) is -0.374. The molecular weight excluding hydrogens is 485 g/mol. The normalized spacial score (nSPS) is 15.5. The molecule has 0 bridgehead atoms. The molecule has 7 nitrogen and oxygen atoms in total. The van der Waals surface area contributed by atoms with Crippen LogP contribution in [0.1, 0.15) is 12.0 Å². The van der Waals surface area contributed by atoms with Crippen LogP contribution in [0.25, 0.3) is 0 Å². The van der Waals surface area contributed by atoms with Gasteiger partial charge in [-0.1, -0.05) is 65.7 Å². The van der Waals surface area contributed by atoms with Crippen LogP contribution in [0.5, 0.6) is 0 Å². The van der Waals surface area contributed by atoms with Gasteiger partial charge in [-0.05, 0) is 35.9 Å². The van der Waals surface area contributed by atoms with Crippen LogP contribution in [-0.2, 0) is 26.2 Å². The molecule has 0 saturated carbocycles. The number of nitrogens with one attached hydrogen (secondary N) is 2. The number of carbonyl (C=O) groups excluding carboxylic acids is 2. The largest absolute Gasteiger partial charge is 0.352 e. The van der Waals surface area contributed by atoms with Gasteiger partial charge in [0.25, 0.3) is 10.0 Å². The van der Waals surface area contributed by atoms with Gasteiger partial charge in [0.15, 0.2) is 0 Å². The maximum atomic E-state index is 13.7. The van der Waals surface area contributed by atoms with Crippen molar-refractivity contribution >= 4 is 56.4 Å². The summed E-state index contributed by atoms with van der Waals surface area (Å²) in [5.41, 5.74) is 1.44. The van der Waals surface area contributed by atoms with E-state index in [-0.39, 0.29) is 33.6 Å². The molecule has 3 aromatic carbocycles. The smallest absolute Gasteiger partial charge is 0.265 e. The standard InChI is InChI=1S/C23H19Cl2N3O4S/c24-16-10-17(25)12-18(11-16)33(31,32)28-20-9-5-4-8-19(20)27-23(30)21(28)13-22(29)26-14-15-6-2-1-3-7-15/h1-12,21H,13-14H2,(H,26,29)(H,27,30). The van der Waals surface area contributed by atoms with Gasteiger partial charge in [-0.3, -0.25) is 13.9 Å². The number of rotatable bonds is 6. The van der Waals surface area contributed by atoms with Crippen molar-refractivity contribution in [1.29, 1.82) is 0 Å². The fourth-order valence-electron chi connectivity index (χ4n) is 3.57. The van der Waals surface area contributed by atoms with E-state index >= 15 is 0 Å². The van der Waals surface area contributed by atoms with Crippen LogP contribution in [0, 0.1) is 0 Å². The Morgan fingerprint density at radius 2 is 1.61 bits per heavy atom. The maximum absolute atomic E-state index is 13.7. The van der Waals surface area contributed by atoms with E-state index in [1.165, 1.54) is 18.2 Å². The second-order valence-corrected chi connectivity index (χ2v) is 10.1. The fraction of sp³-hybridized carbons (Fsp3) is 0.130. The number of para-hydroxylation sites is 2. The number of fused-ring (bicyclic) bond motifs is 1. The number of carbonyl (C=O) groups is 2. The number of hydrogen-bond acceptors (Lipinski definition) is 4. The molecule has 1 unspecified atom stereocenters. The first kappa shape index (κ1) is 23.1. The van der Waals surface area contributed by atoms with Crippen LogP contribution in [0.15, 0.2) is 77.7 Å². The van der Waals surface area contributed by atoms with Crippen LogP contribution in [0.4, 0.5) is 11.4 Å². The van der Waals surface area contributed by atoms with E-state index in [1.807, 2.05) is 30.3 Å². The zero-order valence-corrected chi connectivity index (χ0v) is 19.5. The number of anilines is 2. The summed E-state index contributed by atoms with van der Waals surface area (Å²) in [4.78, 5) is 25.5.